The Kier molecular flexibility index (Phi) is 3.14. The maximum absolute atomic E-state index is 12.0. The first-order chi connectivity index (χ1) is 9.69. The first kappa shape index (κ1) is 12.7. The molecule has 4 nitrogen and oxygen atoms in total. The second-order valence-corrected chi connectivity index (χ2v) is 4.89. The first-order valence-corrected chi connectivity index (χ1v) is 6.48. The molecule has 1 unspecified atom stereocenters. The summed E-state index contributed by atoms with van der Waals surface area (Å²) >= 11 is 0. The Labute approximate surface area is 116 Å². The van der Waals surface area contributed by atoms with Crippen molar-refractivity contribution in [1.29, 1.82) is 0 Å². The fourth-order valence-electron chi connectivity index (χ4n) is 2.60. The number of carbonyl (C=O) groups excluding carboxylic acids is 2. The molecule has 0 bridgehead atoms. The van der Waals surface area contributed by atoms with Crippen LogP contribution in [0, 0.1) is 5.92 Å². The van der Waals surface area contributed by atoms with Crippen molar-refractivity contribution in [3.05, 3.63) is 53.3 Å². The highest BCUT2D eigenvalue weighted by atomic mass is 16.5. The van der Waals surface area contributed by atoms with Crippen molar-refractivity contribution in [2.24, 2.45) is 5.92 Å². The lowest BCUT2D eigenvalue weighted by atomic mass is 9.92. The highest BCUT2D eigenvalue weighted by molar-refractivity contribution is 5.99. The zero-order valence-corrected chi connectivity index (χ0v) is 11.1. The van der Waals surface area contributed by atoms with Gasteiger partial charge in [-0.2, -0.15) is 0 Å². The molecule has 3 rings (SSSR count). The summed E-state index contributed by atoms with van der Waals surface area (Å²) in [7, 11) is 1.35. The normalized spacial score (nSPS) is 21.1. The molecule has 1 heterocycles. The molecule has 102 valence electrons. The minimum Gasteiger partial charge on any atom is -0.466 e. The molecule has 0 saturated heterocycles. The van der Waals surface area contributed by atoms with Gasteiger partial charge in [0.15, 0.2) is 5.78 Å². The van der Waals surface area contributed by atoms with Crippen LogP contribution in [0.5, 0.6) is 0 Å². The lowest BCUT2D eigenvalue weighted by molar-refractivity contribution is -0.136. The van der Waals surface area contributed by atoms with Gasteiger partial charge in [-0.1, -0.05) is 30.3 Å². The first-order valence-electron chi connectivity index (χ1n) is 6.48. The van der Waals surface area contributed by atoms with Gasteiger partial charge in [0.2, 0.25) is 0 Å². The topological polar surface area (TPSA) is 52.6 Å². The summed E-state index contributed by atoms with van der Waals surface area (Å²) in [6.45, 7) is 0. The van der Waals surface area contributed by atoms with Gasteiger partial charge in [0.1, 0.15) is 11.5 Å². The van der Waals surface area contributed by atoms with E-state index in [1.165, 1.54) is 13.2 Å². The Bertz CT molecular complexity index is 625. The van der Waals surface area contributed by atoms with E-state index < -0.39 is 5.97 Å². The Hall–Kier alpha value is -2.36. The van der Waals surface area contributed by atoms with Crippen molar-refractivity contribution >= 4 is 17.5 Å². The van der Waals surface area contributed by atoms with Gasteiger partial charge < -0.3 is 9.47 Å². The summed E-state index contributed by atoms with van der Waals surface area (Å²) in [4.78, 5) is 23.5. The van der Waals surface area contributed by atoms with Crippen LogP contribution in [0.25, 0.3) is 5.76 Å². The number of esters is 1. The number of benzene rings is 1. The smallest absolute Gasteiger partial charge is 0.337 e. The minimum atomic E-state index is -0.401. The van der Waals surface area contributed by atoms with Crippen LogP contribution in [0.2, 0.25) is 0 Å². The van der Waals surface area contributed by atoms with E-state index in [2.05, 4.69) is 0 Å². The van der Waals surface area contributed by atoms with E-state index in [-0.39, 0.29) is 11.7 Å². The maximum atomic E-state index is 12.0. The molecule has 1 aromatic rings. The third-order valence-corrected chi connectivity index (χ3v) is 3.57. The van der Waals surface area contributed by atoms with Crippen LogP contribution in [0.3, 0.4) is 0 Å². The van der Waals surface area contributed by atoms with E-state index in [0.717, 1.165) is 5.56 Å². The summed E-state index contributed by atoms with van der Waals surface area (Å²) in [5.41, 5.74) is 1.31. The molecule has 1 atom stereocenters. The summed E-state index contributed by atoms with van der Waals surface area (Å²) in [6, 6.07) is 9.39. The van der Waals surface area contributed by atoms with Gasteiger partial charge in [0, 0.05) is 24.0 Å². The molecule has 0 N–H and O–H groups in total. The van der Waals surface area contributed by atoms with E-state index in [1.807, 2.05) is 30.3 Å². The van der Waals surface area contributed by atoms with Crippen molar-refractivity contribution in [1.82, 2.24) is 0 Å². The van der Waals surface area contributed by atoms with Crippen LogP contribution in [-0.2, 0) is 19.1 Å². The lowest BCUT2D eigenvalue weighted by Gasteiger charge is -2.25. The quantitative estimate of drug-likeness (QED) is 0.775. The molecule has 0 aromatic heterocycles. The molecule has 4 heteroatoms. The number of rotatable bonds is 2. The lowest BCUT2D eigenvalue weighted by Crippen LogP contribution is -2.19. The molecule has 0 amide bonds. The molecule has 1 aliphatic carbocycles. The van der Waals surface area contributed by atoms with Crippen molar-refractivity contribution in [3.63, 3.8) is 0 Å². The number of hydrogen-bond acceptors (Lipinski definition) is 4. The summed E-state index contributed by atoms with van der Waals surface area (Å²) in [5, 5.41) is 0. The molecular weight excluding hydrogens is 256 g/mol. The largest absolute Gasteiger partial charge is 0.466 e. The van der Waals surface area contributed by atoms with Gasteiger partial charge in [-0.3, -0.25) is 4.79 Å². The highest BCUT2D eigenvalue weighted by Gasteiger charge is 2.36. The minimum absolute atomic E-state index is 0.0379. The number of carbonyl (C=O) groups is 2. The molecule has 1 aliphatic heterocycles. The zero-order chi connectivity index (χ0) is 14.1. The van der Waals surface area contributed by atoms with Gasteiger partial charge >= 0.3 is 5.97 Å². The van der Waals surface area contributed by atoms with Crippen molar-refractivity contribution in [2.75, 3.05) is 7.11 Å². The zero-order valence-electron chi connectivity index (χ0n) is 11.1. The van der Waals surface area contributed by atoms with Crippen LogP contribution < -0.4 is 0 Å². The predicted octanol–water partition coefficient (Wildman–Crippen LogP) is 2.46. The molecule has 0 fully saturated rings. The average molecular weight is 270 g/mol. The number of hydrogen-bond donors (Lipinski definition) is 0. The Morgan fingerprint density at radius 2 is 2.00 bits per heavy atom. The number of fused-ring (bicyclic) bond motifs is 1. The van der Waals surface area contributed by atoms with Crippen LogP contribution in [-0.4, -0.2) is 18.9 Å². The average Bonchev–Trinajstić information content (AvgIpc) is 2.85. The number of ether oxygens (including phenoxy) is 2. The van der Waals surface area contributed by atoms with E-state index in [0.29, 0.717) is 29.9 Å². The van der Waals surface area contributed by atoms with Gasteiger partial charge in [-0.15, -0.1) is 0 Å². The maximum Gasteiger partial charge on any atom is 0.337 e. The van der Waals surface area contributed by atoms with Gasteiger partial charge in [0.05, 0.1) is 12.7 Å². The Morgan fingerprint density at radius 1 is 1.25 bits per heavy atom. The molecule has 20 heavy (non-hydrogen) atoms. The Morgan fingerprint density at radius 3 is 2.70 bits per heavy atom. The second kappa shape index (κ2) is 4.96. The fourth-order valence-corrected chi connectivity index (χ4v) is 2.60. The highest BCUT2D eigenvalue weighted by Crippen LogP contribution is 2.41. The van der Waals surface area contributed by atoms with Crippen LogP contribution in [0.4, 0.5) is 0 Å². The van der Waals surface area contributed by atoms with E-state index in [9.17, 15) is 9.59 Å². The van der Waals surface area contributed by atoms with Crippen molar-refractivity contribution < 1.29 is 19.1 Å². The third kappa shape index (κ3) is 2.13. The van der Waals surface area contributed by atoms with Gasteiger partial charge in [-0.25, -0.2) is 4.79 Å². The van der Waals surface area contributed by atoms with Crippen LogP contribution in [0.1, 0.15) is 18.4 Å². The number of allylic oxidation sites excluding steroid dienone is 2. The molecule has 1 aromatic carbocycles. The number of methoxy groups -OCH3 is 1. The van der Waals surface area contributed by atoms with Gasteiger partial charge in [-0.05, 0) is 6.42 Å². The second-order valence-electron chi connectivity index (χ2n) is 4.89. The monoisotopic (exact) mass is 270 g/mol. The third-order valence-electron chi connectivity index (χ3n) is 3.57. The van der Waals surface area contributed by atoms with Crippen LogP contribution in [0.15, 0.2) is 47.7 Å². The molecule has 0 radical (unpaired) electrons. The molecular formula is C16H14O4. The summed E-state index contributed by atoms with van der Waals surface area (Å²) in [6.07, 6.45) is 2.41. The van der Waals surface area contributed by atoms with E-state index in [4.69, 9.17) is 9.47 Å². The fraction of sp³-hybridized carbons (Fsp3) is 0.250. The number of ketones is 1. The van der Waals surface area contributed by atoms with E-state index in [1.54, 1.807) is 0 Å². The molecule has 2 aliphatic rings. The van der Waals surface area contributed by atoms with Crippen LogP contribution >= 0.6 is 0 Å². The SMILES string of the molecule is COC(=O)C1=C(c2ccccc2)OC2=CC(=O)CC2C1. The van der Waals surface area contributed by atoms with Crippen molar-refractivity contribution in [2.45, 2.75) is 12.8 Å². The Balaban J connectivity index is 2.06. The summed E-state index contributed by atoms with van der Waals surface area (Å²) < 4.78 is 10.7. The van der Waals surface area contributed by atoms with E-state index >= 15 is 0 Å². The predicted molar refractivity (Wildman–Crippen MR) is 72.3 cm³/mol. The van der Waals surface area contributed by atoms with Crippen molar-refractivity contribution in [3.8, 4) is 0 Å². The summed E-state index contributed by atoms with van der Waals surface area (Å²) in [5.74, 6) is 0.756. The van der Waals surface area contributed by atoms with Gasteiger partial charge in [0.25, 0.3) is 0 Å². The molecule has 0 saturated carbocycles. The standard InChI is InChI=1S/C16H14O4/c1-19-16(18)13-8-11-7-12(17)9-14(11)20-15(13)10-5-3-2-4-6-10/h2-6,9,11H,7-8H2,1H3. The molecule has 0 spiro atoms.